The first-order valence-electron chi connectivity index (χ1n) is 4.93. The van der Waals surface area contributed by atoms with Crippen LogP contribution in [0.1, 0.15) is 15.9 Å². The number of halogens is 3. The predicted octanol–water partition coefficient (Wildman–Crippen LogP) is 2.53. The molecule has 0 aliphatic rings. The Kier molecular flexibility index (Phi) is 4.18. The highest BCUT2D eigenvalue weighted by molar-refractivity contribution is 5.93. The maximum atomic E-state index is 12.0. The van der Waals surface area contributed by atoms with Crippen molar-refractivity contribution in [3.8, 4) is 5.75 Å². The summed E-state index contributed by atoms with van der Waals surface area (Å²) >= 11 is 0. The van der Waals surface area contributed by atoms with E-state index < -0.39 is 12.3 Å². The largest absolute Gasteiger partial charge is 0.573 e. The van der Waals surface area contributed by atoms with Crippen LogP contribution in [-0.2, 0) is 4.84 Å². The molecule has 0 saturated heterocycles. The van der Waals surface area contributed by atoms with Crippen molar-refractivity contribution in [2.45, 2.75) is 13.3 Å². The summed E-state index contributed by atoms with van der Waals surface area (Å²) in [5.41, 5.74) is 0.425. The minimum atomic E-state index is -4.75. The zero-order valence-corrected chi connectivity index (χ0v) is 10.0. The van der Waals surface area contributed by atoms with Gasteiger partial charge in [0.1, 0.15) is 5.75 Å². The fraction of sp³-hybridized carbons (Fsp3) is 0.364. The maximum Gasteiger partial charge on any atom is 0.573 e. The number of aryl methyl sites for hydroxylation is 1. The lowest BCUT2D eigenvalue weighted by Crippen LogP contribution is -2.25. The van der Waals surface area contributed by atoms with E-state index in [9.17, 15) is 18.0 Å². The third-order valence-corrected chi connectivity index (χ3v) is 2.21. The average Bonchev–Trinajstić information content (AvgIpc) is 2.28. The summed E-state index contributed by atoms with van der Waals surface area (Å²) in [5, 5.41) is 0.971. The highest BCUT2D eigenvalue weighted by atomic mass is 19.4. The van der Waals surface area contributed by atoms with Crippen LogP contribution in [0.4, 0.5) is 13.2 Å². The van der Waals surface area contributed by atoms with Gasteiger partial charge in [-0.1, -0.05) is 0 Å². The third kappa shape index (κ3) is 3.63. The van der Waals surface area contributed by atoms with Gasteiger partial charge in [0.15, 0.2) is 0 Å². The first kappa shape index (κ1) is 14.3. The van der Waals surface area contributed by atoms with Crippen molar-refractivity contribution in [1.29, 1.82) is 0 Å². The summed E-state index contributed by atoms with van der Waals surface area (Å²) in [5.74, 6) is -0.793. The molecule has 0 N–H and O–H groups in total. The highest BCUT2D eigenvalue weighted by Gasteiger charge is 2.31. The lowest BCUT2D eigenvalue weighted by molar-refractivity contribution is -0.274. The van der Waals surface area contributed by atoms with Crippen molar-refractivity contribution in [3.05, 3.63) is 29.3 Å². The van der Waals surface area contributed by atoms with E-state index >= 15 is 0 Å². The Morgan fingerprint density at radius 3 is 2.39 bits per heavy atom. The Morgan fingerprint density at radius 2 is 1.94 bits per heavy atom. The molecule has 0 fully saturated rings. The van der Waals surface area contributed by atoms with E-state index in [4.69, 9.17) is 0 Å². The SMILES string of the molecule is CON(C)C(=O)c1ccc(OC(F)(F)F)c(C)c1. The van der Waals surface area contributed by atoms with Gasteiger partial charge in [-0.2, -0.15) is 0 Å². The first-order chi connectivity index (χ1) is 8.24. The Labute approximate surface area is 102 Å². The number of hydrogen-bond acceptors (Lipinski definition) is 3. The number of carbonyl (C=O) groups excluding carboxylic acids is 1. The maximum absolute atomic E-state index is 12.0. The standard InChI is InChI=1S/C11H12F3NO3/c1-7-6-8(10(16)15(2)17-3)4-5-9(7)18-11(12,13)14/h4-6H,1-3H3. The molecule has 1 rings (SSSR count). The molecule has 0 aliphatic carbocycles. The highest BCUT2D eigenvalue weighted by Crippen LogP contribution is 2.26. The summed E-state index contributed by atoms with van der Waals surface area (Å²) in [4.78, 5) is 16.4. The Hall–Kier alpha value is -1.76. The molecule has 0 aromatic heterocycles. The zero-order chi connectivity index (χ0) is 13.9. The number of rotatable bonds is 3. The Balaban J connectivity index is 2.96. The smallest absolute Gasteiger partial charge is 0.406 e. The van der Waals surface area contributed by atoms with E-state index in [0.717, 1.165) is 11.1 Å². The second-order valence-electron chi connectivity index (χ2n) is 3.51. The summed E-state index contributed by atoms with van der Waals surface area (Å²) < 4.78 is 39.9. The first-order valence-corrected chi connectivity index (χ1v) is 4.93. The molecule has 0 spiro atoms. The van der Waals surface area contributed by atoms with Crippen LogP contribution in [0.25, 0.3) is 0 Å². The van der Waals surface area contributed by atoms with Crippen molar-refractivity contribution >= 4 is 5.91 Å². The number of hydrogen-bond donors (Lipinski definition) is 0. The summed E-state index contributed by atoms with van der Waals surface area (Å²) in [6.07, 6.45) is -4.75. The summed E-state index contributed by atoms with van der Waals surface area (Å²) in [6.45, 7) is 1.42. The summed E-state index contributed by atoms with van der Waals surface area (Å²) in [6, 6.07) is 3.64. The minimum Gasteiger partial charge on any atom is -0.406 e. The van der Waals surface area contributed by atoms with Gasteiger partial charge in [0.2, 0.25) is 0 Å². The number of nitrogens with zero attached hydrogens (tertiary/aromatic N) is 1. The lowest BCUT2D eigenvalue weighted by atomic mass is 10.1. The van der Waals surface area contributed by atoms with Gasteiger partial charge in [0.05, 0.1) is 7.11 Å². The fourth-order valence-corrected chi connectivity index (χ4v) is 1.29. The molecule has 7 heteroatoms. The molecular formula is C11H12F3NO3. The quantitative estimate of drug-likeness (QED) is 0.786. The van der Waals surface area contributed by atoms with Crippen LogP contribution in [0, 0.1) is 6.92 Å². The number of carbonyl (C=O) groups is 1. The van der Waals surface area contributed by atoms with Gasteiger partial charge in [-0.25, -0.2) is 5.06 Å². The van der Waals surface area contributed by atoms with E-state index in [2.05, 4.69) is 9.57 Å². The van der Waals surface area contributed by atoms with Gasteiger partial charge < -0.3 is 4.74 Å². The van der Waals surface area contributed by atoms with Crippen LogP contribution in [0.5, 0.6) is 5.75 Å². The minimum absolute atomic E-state index is 0.211. The van der Waals surface area contributed by atoms with E-state index in [0.29, 0.717) is 0 Å². The van der Waals surface area contributed by atoms with Crippen molar-refractivity contribution in [1.82, 2.24) is 5.06 Å². The Morgan fingerprint density at radius 1 is 1.33 bits per heavy atom. The zero-order valence-electron chi connectivity index (χ0n) is 10.0. The van der Waals surface area contributed by atoms with Crippen LogP contribution < -0.4 is 4.74 Å². The van der Waals surface area contributed by atoms with Gasteiger partial charge in [-0.3, -0.25) is 9.63 Å². The lowest BCUT2D eigenvalue weighted by Gasteiger charge is -2.15. The molecule has 1 amide bonds. The van der Waals surface area contributed by atoms with Gasteiger partial charge in [0.25, 0.3) is 5.91 Å². The van der Waals surface area contributed by atoms with Crippen molar-refractivity contribution < 1.29 is 27.5 Å². The molecule has 18 heavy (non-hydrogen) atoms. The molecule has 0 aliphatic heterocycles. The van der Waals surface area contributed by atoms with Crippen molar-refractivity contribution in [3.63, 3.8) is 0 Å². The topological polar surface area (TPSA) is 38.8 Å². The molecule has 0 saturated carbocycles. The van der Waals surface area contributed by atoms with Crippen LogP contribution in [0.2, 0.25) is 0 Å². The van der Waals surface area contributed by atoms with Gasteiger partial charge in [0, 0.05) is 12.6 Å². The van der Waals surface area contributed by atoms with Gasteiger partial charge in [-0.15, -0.1) is 13.2 Å². The van der Waals surface area contributed by atoms with E-state index in [1.54, 1.807) is 0 Å². The number of alkyl halides is 3. The van der Waals surface area contributed by atoms with Crippen LogP contribution in [0.15, 0.2) is 18.2 Å². The van der Waals surface area contributed by atoms with E-state index in [-0.39, 0.29) is 16.9 Å². The molecule has 1 aromatic rings. The van der Waals surface area contributed by atoms with E-state index in [1.807, 2.05) is 0 Å². The molecular weight excluding hydrogens is 251 g/mol. The van der Waals surface area contributed by atoms with Crippen LogP contribution in [0.3, 0.4) is 0 Å². The number of amides is 1. The molecule has 0 radical (unpaired) electrons. The third-order valence-electron chi connectivity index (χ3n) is 2.21. The molecule has 0 heterocycles. The van der Waals surface area contributed by atoms with Crippen molar-refractivity contribution in [2.75, 3.05) is 14.2 Å². The van der Waals surface area contributed by atoms with Gasteiger partial charge >= 0.3 is 6.36 Å². The normalized spacial score (nSPS) is 11.2. The molecule has 1 aromatic carbocycles. The second kappa shape index (κ2) is 5.26. The van der Waals surface area contributed by atoms with Gasteiger partial charge in [-0.05, 0) is 30.7 Å². The number of ether oxygens (including phenoxy) is 1. The Bertz CT molecular complexity index is 446. The molecule has 0 atom stereocenters. The fourth-order valence-electron chi connectivity index (χ4n) is 1.29. The van der Waals surface area contributed by atoms with Crippen LogP contribution >= 0.6 is 0 Å². The number of hydroxylamine groups is 2. The molecule has 0 bridgehead atoms. The predicted molar refractivity (Wildman–Crippen MR) is 57.0 cm³/mol. The second-order valence-corrected chi connectivity index (χ2v) is 3.51. The monoisotopic (exact) mass is 263 g/mol. The molecule has 0 unspecified atom stereocenters. The summed E-state index contributed by atoms with van der Waals surface area (Å²) in [7, 11) is 2.71. The average molecular weight is 263 g/mol. The number of benzene rings is 1. The molecule has 4 nitrogen and oxygen atoms in total. The van der Waals surface area contributed by atoms with Crippen molar-refractivity contribution in [2.24, 2.45) is 0 Å². The van der Waals surface area contributed by atoms with Crippen LogP contribution in [-0.4, -0.2) is 31.5 Å². The molecule has 100 valence electrons. The van der Waals surface area contributed by atoms with E-state index in [1.165, 1.54) is 33.2 Å².